The fourth-order valence-electron chi connectivity index (χ4n) is 8.06. The molecule has 1 aliphatic carbocycles. The fraction of sp³-hybridized carbons (Fsp3) is 0.0667. The quantitative estimate of drug-likeness (QED) is 0.185. The summed E-state index contributed by atoms with van der Waals surface area (Å²) in [6, 6.07) is 58.3. The van der Waals surface area contributed by atoms with Crippen molar-refractivity contribution >= 4 is 32.3 Å². The van der Waals surface area contributed by atoms with Crippen molar-refractivity contribution in [1.29, 1.82) is 0 Å². The highest BCUT2D eigenvalue weighted by atomic mass is 14.4. The zero-order valence-electron chi connectivity index (χ0n) is 25.5. The molecule has 0 bridgehead atoms. The molecule has 0 radical (unpaired) electrons. The molecule has 0 nitrogen and oxygen atoms in total. The van der Waals surface area contributed by atoms with Crippen LogP contribution in [0.5, 0.6) is 0 Å². The Morgan fingerprint density at radius 3 is 1.38 bits per heavy atom. The summed E-state index contributed by atoms with van der Waals surface area (Å²) in [5.41, 5.74) is 13.2. The molecular weight excluding hydrogens is 540 g/mol. The van der Waals surface area contributed by atoms with Gasteiger partial charge >= 0.3 is 0 Å². The van der Waals surface area contributed by atoms with Gasteiger partial charge in [-0.2, -0.15) is 0 Å². The van der Waals surface area contributed by atoms with Gasteiger partial charge in [0.05, 0.1) is 0 Å². The van der Waals surface area contributed by atoms with Gasteiger partial charge in [0, 0.05) is 5.41 Å². The number of hydrogen-bond acceptors (Lipinski definition) is 0. The van der Waals surface area contributed by atoms with E-state index in [1.54, 1.807) is 0 Å². The van der Waals surface area contributed by atoms with Crippen molar-refractivity contribution < 1.29 is 0 Å². The van der Waals surface area contributed by atoms with Gasteiger partial charge in [0.2, 0.25) is 0 Å². The molecule has 0 aromatic heterocycles. The van der Waals surface area contributed by atoms with E-state index in [4.69, 9.17) is 0 Å². The molecule has 0 atom stereocenters. The highest BCUT2D eigenvalue weighted by Gasteiger charge is 2.37. The summed E-state index contributed by atoms with van der Waals surface area (Å²) >= 11 is 0. The number of benzene rings is 8. The zero-order chi connectivity index (χ0) is 30.1. The second-order valence-electron chi connectivity index (χ2n) is 12.8. The van der Waals surface area contributed by atoms with E-state index in [9.17, 15) is 0 Å². The average Bonchev–Trinajstić information content (AvgIpc) is 3.34. The summed E-state index contributed by atoms with van der Waals surface area (Å²) in [5, 5.41) is 7.70. The molecule has 9 rings (SSSR count). The van der Waals surface area contributed by atoms with E-state index < -0.39 is 0 Å². The van der Waals surface area contributed by atoms with Gasteiger partial charge < -0.3 is 0 Å². The second kappa shape index (κ2) is 9.78. The molecule has 1 aliphatic rings. The van der Waals surface area contributed by atoms with Crippen LogP contribution in [0.3, 0.4) is 0 Å². The van der Waals surface area contributed by atoms with Gasteiger partial charge in [-0.3, -0.25) is 0 Å². The minimum absolute atomic E-state index is 0.0487. The predicted molar refractivity (Wildman–Crippen MR) is 193 cm³/mol. The van der Waals surface area contributed by atoms with E-state index in [2.05, 4.69) is 172 Å². The molecule has 0 amide bonds. The van der Waals surface area contributed by atoms with Crippen molar-refractivity contribution in [2.75, 3.05) is 0 Å². The van der Waals surface area contributed by atoms with Crippen molar-refractivity contribution in [3.63, 3.8) is 0 Å². The van der Waals surface area contributed by atoms with Gasteiger partial charge in [0.25, 0.3) is 0 Å². The van der Waals surface area contributed by atoms with Crippen LogP contribution in [-0.4, -0.2) is 0 Å². The minimum Gasteiger partial charge on any atom is -0.0622 e. The molecule has 45 heavy (non-hydrogen) atoms. The summed E-state index contributed by atoms with van der Waals surface area (Å²) in [4.78, 5) is 0. The van der Waals surface area contributed by atoms with Crippen molar-refractivity contribution in [2.24, 2.45) is 0 Å². The topological polar surface area (TPSA) is 0 Å². The van der Waals surface area contributed by atoms with Crippen LogP contribution < -0.4 is 0 Å². The van der Waals surface area contributed by atoms with Crippen LogP contribution in [0.15, 0.2) is 158 Å². The van der Waals surface area contributed by atoms with Crippen molar-refractivity contribution in [3.8, 4) is 44.5 Å². The van der Waals surface area contributed by atoms with Gasteiger partial charge in [-0.25, -0.2) is 0 Å². The Morgan fingerprint density at radius 1 is 0.289 bits per heavy atom. The molecule has 0 aliphatic heterocycles. The normalized spacial score (nSPS) is 13.3. The monoisotopic (exact) mass is 572 g/mol. The largest absolute Gasteiger partial charge is 0.0622 e. The molecule has 8 aromatic carbocycles. The summed E-state index contributed by atoms with van der Waals surface area (Å²) in [7, 11) is 0. The highest BCUT2D eigenvalue weighted by Crippen LogP contribution is 2.54. The molecule has 212 valence electrons. The predicted octanol–water partition coefficient (Wildman–Crippen LogP) is 12.5. The molecule has 0 spiro atoms. The minimum atomic E-state index is -0.0487. The molecule has 0 fully saturated rings. The molecule has 0 saturated heterocycles. The first-order valence-corrected chi connectivity index (χ1v) is 15.9. The molecule has 0 unspecified atom stereocenters. The van der Waals surface area contributed by atoms with Crippen LogP contribution in [-0.2, 0) is 5.41 Å². The van der Waals surface area contributed by atoms with E-state index in [-0.39, 0.29) is 5.41 Å². The average molecular weight is 573 g/mol. The molecular formula is C45H32. The lowest BCUT2D eigenvalue weighted by atomic mass is 9.80. The first-order valence-electron chi connectivity index (χ1n) is 15.9. The summed E-state index contributed by atoms with van der Waals surface area (Å²) in [5.74, 6) is 0. The SMILES string of the molecule is CC1(C)c2ccccc2-c2c(-c3c4ccccc4c(-c4ccc(-c5ccccc5)c5ccccc45)c4ccccc34)cccc21. The Balaban J connectivity index is 1.40. The highest BCUT2D eigenvalue weighted by molar-refractivity contribution is 6.25. The standard InChI is InChI=1S/C45H32/c1-45(2)40-25-13-12-23-38(40)44-39(24-14-26-41(44)45)43-35-21-10-8-19-33(35)42(34-20-9-11-22-36(34)43)37-28-27-30(29-15-4-3-5-16-29)31-17-6-7-18-32(31)37/h3-28H,1-2H3. The summed E-state index contributed by atoms with van der Waals surface area (Å²) < 4.78 is 0. The van der Waals surface area contributed by atoms with E-state index in [0.717, 1.165) is 0 Å². The second-order valence-corrected chi connectivity index (χ2v) is 12.8. The van der Waals surface area contributed by atoms with Gasteiger partial charge in [-0.15, -0.1) is 0 Å². The van der Waals surface area contributed by atoms with Crippen molar-refractivity contribution in [3.05, 3.63) is 169 Å². The van der Waals surface area contributed by atoms with Crippen LogP contribution >= 0.6 is 0 Å². The first kappa shape index (κ1) is 26.0. The van der Waals surface area contributed by atoms with E-state index in [0.29, 0.717) is 0 Å². The van der Waals surface area contributed by atoms with Crippen molar-refractivity contribution in [1.82, 2.24) is 0 Å². The lowest BCUT2D eigenvalue weighted by Gasteiger charge is -2.23. The summed E-state index contributed by atoms with van der Waals surface area (Å²) in [6.45, 7) is 4.73. The third-order valence-corrected chi connectivity index (χ3v) is 10.1. The van der Waals surface area contributed by atoms with Crippen molar-refractivity contribution in [2.45, 2.75) is 19.3 Å². The van der Waals surface area contributed by atoms with E-state index in [1.807, 2.05) is 0 Å². The Bertz CT molecular complexity index is 2390. The number of fused-ring (bicyclic) bond motifs is 6. The third-order valence-electron chi connectivity index (χ3n) is 10.1. The Labute approximate surface area is 264 Å². The van der Waals surface area contributed by atoms with Crippen LogP contribution in [0.2, 0.25) is 0 Å². The number of rotatable bonds is 3. The maximum atomic E-state index is 2.37. The van der Waals surface area contributed by atoms with Crippen LogP contribution in [0, 0.1) is 0 Å². The lowest BCUT2D eigenvalue weighted by molar-refractivity contribution is 0.660. The maximum absolute atomic E-state index is 2.37. The van der Waals surface area contributed by atoms with Gasteiger partial charge in [0.15, 0.2) is 0 Å². The molecule has 8 aromatic rings. The van der Waals surface area contributed by atoms with Crippen LogP contribution in [0.25, 0.3) is 76.8 Å². The smallest absolute Gasteiger partial charge is 0.0159 e. The fourth-order valence-corrected chi connectivity index (χ4v) is 8.06. The molecule has 0 heteroatoms. The summed E-state index contributed by atoms with van der Waals surface area (Å²) in [6.07, 6.45) is 0. The van der Waals surface area contributed by atoms with Crippen LogP contribution in [0.4, 0.5) is 0 Å². The van der Waals surface area contributed by atoms with Gasteiger partial charge in [-0.05, 0) is 88.0 Å². The number of hydrogen-bond donors (Lipinski definition) is 0. The molecule has 0 N–H and O–H groups in total. The zero-order valence-corrected chi connectivity index (χ0v) is 25.5. The Hall–Kier alpha value is -5.46. The molecule has 0 heterocycles. The molecule has 0 saturated carbocycles. The van der Waals surface area contributed by atoms with E-state index in [1.165, 1.54) is 88.0 Å². The Morgan fingerprint density at radius 2 is 0.733 bits per heavy atom. The third kappa shape index (κ3) is 3.72. The van der Waals surface area contributed by atoms with Gasteiger partial charge in [0.1, 0.15) is 0 Å². The first-order chi connectivity index (χ1) is 22.1. The lowest BCUT2D eigenvalue weighted by Crippen LogP contribution is -2.14. The maximum Gasteiger partial charge on any atom is 0.0159 e. The van der Waals surface area contributed by atoms with Gasteiger partial charge in [-0.1, -0.05) is 172 Å². The Kier molecular flexibility index (Phi) is 5.64. The van der Waals surface area contributed by atoms with Crippen LogP contribution in [0.1, 0.15) is 25.0 Å². The van der Waals surface area contributed by atoms with E-state index >= 15 is 0 Å².